The van der Waals surface area contributed by atoms with Gasteiger partial charge in [-0.3, -0.25) is 53.1 Å². The maximum absolute atomic E-state index is 14.4. The first-order chi connectivity index (χ1) is 39.9. The van der Waals surface area contributed by atoms with Crippen LogP contribution in [0.5, 0.6) is 0 Å². The SMILES string of the molecule is NC(N)=NCCCC(NC(=O)[C@H](Cc1ccccc1)NC(=O)[C@H](Cc1ccccc1)NC(=O)[C@H](CO)NC(=O)[C@H](Cc1ccccc1)NC(=O)CNC(=O)[C@@H]1C[C@@H](O)CN1C(=O)[C@@H]1CCCN1C(=O)[C@@H](N)CCCN=C(N)N)C(=O)C(F)(F)F. The van der Waals surface area contributed by atoms with Crippen LogP contribution in [0.25, 0.3) is 0 Å². The van der Waals surface area contributed by atoms with Gasteiger partial charge in [-0.1, -0.05) is 91.0 Å². The van der Waals surface area contributed by atoms with E-state index >= 15 is 0 Å². The molecule has 2 saturated heterocycles. The van der Waals surface area contributed by atoms with E-state index in [1.54, 1.807) is 91.0 Å². The molecule has 18 N–H and O–H groups in total. The van der Waals surface area contributed by atoms with Crippen molar-refractivity contribution in [2.45, 2.75) is 125 Å². The predicted octanol–water partition coefficient (Wildman–Crippen LogP) is -3.23. The van der Waals surface area contributed by atoms with Gasteiger partial charge in [0.05, 0.1) is 31.3 Å². The zero-order valence-corrected chi connectivity index (χ0v) is 46.0. The standard InChI is InChI=1S/C55H74F3N15O11/c56-55(57,58)45(77)37(20-11-23-65-54(62)63)68-47(79)39(26-33-15-6-2-7-16-33)69-48(80)40(27-34-17-8-3-9-18-34)70-49(81)41(31-74)71-46(78)38(25-32-13-4-1-5-14-32)67-44(76)29-66-50(82)43-28-35(75)30-73(43)52(84)42-21-12-24-72(42)51(83)36(59)19-10-22-64-53(60)61/h1-9,13-18,35-43,74-75H,10-12,19-31,59H2,(H,66,82)(H,67,76)(H,68,79)(H,69,80)(H,70,81)(H,71,78)(H4,60,61,64)(H4,62,63,65)/t35-,36+,37?,38+,39+,40+,41+,42+,43+/m1/s1. The van der Waals surface area contributed by atoms with E-state index in [4.69, 9.17) is 28.7 Å². The van der Waals surface area contributed by atoms with Crippen LogP contribution in [-0.2, 0) is 62.4 Å². The van der Waals surface area contributed by atoms with Crippen molar-refractivity contribution in [3.05, 3.63) is 108 Å². The second kappa shape index (κ2) is 32.2. The van der Waals surface area contributed by atoms with Crippen molar-refractivity contribution in [2.24, 2.45) is 38.7 Å². The molecule has 0 aromatic heterocycles. The highest BCUT2D eigenvalue weighted by molar-refractivity contribution is 5.99. The highest BCUT2D eigenvalue weighted by Gasteiger charge is 2.46. The van der Waals surface area contributed by atoms with Gasteiger partial charge in [-0.05, 0) is 55.2 Å². The van der Waals surface area contributed by atoms with Crippen LogP contribution < -0.4 is 60.6 Å². The summed E-state index contributed by atoms with van der Waals surface area (Å²) < 4.78 is 41.5. The van der Waals surface area contributed by atoms with E-state index in [0.29, 0.717) is 29.5 Å². The summed E-state index contributed by atoms with van der Waals surface area (Å²) in [5.74, 6) is -9.86. The molecule has 3 aromatic carbocycles. The summed E-state index contributed by atoms with van der Waals surface area (Å²) in [6.45, 7) is -1.73. The van der Waals surface area contributed by atoms with Crippen LogP contribution in [-0.4, -0.2) is 185 Å². The number of likely N-dealkylation sites (tertiary alicyclic amines) is 2. The lowest BCUT2D eigenvalue weighted by Crippen LogP contribution is -2.60. The summed E-state index contributed by atoms with van der Waals surface area (Å²) in [6.07, 6.45) is -6.74. The van der Waals surface area contributed by atoms with Crippen molar-refractivity contribution in [3.63, 3.8) is 0 Å². The first kappa shape index (κ1) is 66.1. The van der Waals surface area contributed by atoms with Gasteiger partial charge in [0.2, 0.25) is 47.3 Å². The number of ketones is 1. The molecule has 456 valence electrons. The van der Waals surface area contributed by atoms with Crippen molar-refractivity contribution >= 4 is 65.0 Å². The Bertz CT molecular complexity index is 2790. The average Bonchev–Trinajstić information content (AvgIpc) is 3.22. The van der Waals surface area contributed by atoms with E-state index in [0.717, 1.165) is 4.90 Å². The number of carbonyl (C=O) groups excluding carboxylic acids is 9. The molecule has 0 saturated carbocycles. The molecule has 0 bridgehead atoms. The number of aliphatic hydroxyl groups excluding tert-OH is 2. The van der Waals surface area contributed by atoms with Gasteiger partial charge in [0.1, 0.15) is 36.3 Å². The minimum atomic E-state index is -5.37. The minimum Gasteiger partial charge on any atom is -0.394 e. The largest absolute Gasteiger partial charge is 0.452 e. The molecule has 2 aliphatic rings. The molecule has 0 radical (unpaired) electrons. The molecule has 2 heterocycles. The normalized spacial score (nSPS) is 17.9. The molecule has 0 aliphatic carbocycles. The highest BCUT2D eigenvalue weighted by Crippen LogP contribution is 2.27. The lowest BCUT2D eigenvalue weighted by atomic mass is 10.0. The zero-order chi connectivity index (χ0) is 61.5. The summed E-state index contributed by atoms with van der Waals surface area (Å²) in [7, 11) is 0. The number of alkyl halides is 3. The lowest BCUT2D eigenvalue weighted by Gasteiger charge is -2.32. The number of aliphatic imine (C=N–C) groups is 2. The van der Waals surface area contributed by atoms with Crippen LogP contribution in [0.2, 0.25) is 0 Å². The number of amides is 8. The van der Waals surface area contributed by atoms with E-state index in [-0.39, 0.29) is 83.0 Å². The van der Waals surface area contributed by atoms with Crippen LogP contribution >= 0.6 is 0 Å². The predicted molar refractivity (Wildman–Crippen MR) is 300 cm³/mol. The number of nitrogens with two attached hydrogens (primary N) is 5. The summed E-state index contributed by atoms with van der Waals surface area (Å²) in [6, 6.07) is 12.7. The number of aliphatic hydroxyl groups is 2. The van der Waals surface area contributed by atoms with Gasteiger partial charge in [-0.25, -0.2) is 0 Å². The van der Waals surface area contributed by atoms with Gasteiger partial charge >= 0.3 is 6.18 Å². The fourth-order valence-electron chi connectivity index (χ4n) is 9.60. The molecule has 1 unspecified atom stereocenters. The number of nitrogens with one attached hydrogen (secondary N) is 6. The average molecular weight is 1180 g/mol. The number of benzene rings is 3. The topological polar surface area (TPSA) is 428 Å². The van der Waals surface area contributed by atoms with Crippen LogP contribution in [0.15, 0.2) is 101 Å². The smallest absolute Gasteiger partial charge is 0.394 e. The Hall–Kier alpha value is -8.70. The highest BCUT2D eigenvalue weighted by atomic mass is 19.4. The molecular formula is C55H74F3N15O11. The number of guanidine groups is 2. The monoisotopic (exact) mass is 1180 g/mol. The van der Waals surface area contributed by atoms with Gasteiger partial charge in [0, 0.05) is 51.9 Å². The molecule has 9 atom stereocenters. The molecule has 29 heteroatoms. The second-order valence-corrected chi connectivity index (χ2v) is 20.3. The Morgan fingerprint density at radius 1 is 0.607 bits per heavy atom. The molecule has 0 spiro atoms. The van der Waals surface area contributed by atoms with Crippen LogP contribution in [0.1, 0.15) is 61.6 Å². The second-order valence-electron chi connectivity index (χ2n) is 20.3. The maximum atomic E-state index is 14.4. The van der Waals surface area contributed by atoms with Crippen molar-refractivity contribution in [3.8, 4) is 0 Å². The van der Waals surface area contributed by atoms with Gasteiger partial charge in [0.15, 0.2) is 11.9 Å². The quantitative estimate of drug-likeness (QED) is 0.0177. The van der Waals surface area contributed by atoms with Crippen molar-refractivity contribution in [1.29, 1.82) is 0 Å². The third-order valence-electron chi connectivity index (χ3n) is 13.8. The molecule has 2 aliphatic heterocycles. The Kier molecular flexibility index (Phi) is 25.4. The number of β-amino-alcohol motifs (C(OH)–C–C–N with tert-alkyl or cyclic N) is 1. The van der Waals surface area contributed by atoms with Gasteiger partial charge in [-0.2, -0.15) is 13.2 Å². The summed E-state index contributed by atoms with van der Waals surface area (Å²) in [5, 5.41) is 35.7. The zero-order valence-electron chi connectivity index (χ0n) is 46.0. The number of rotatable bonds is 30. The van der Waals surface area contributed by atoms with E-state index in [2.05, 4.69) is 41.9 Å². The third kappa shape index (κ3) is 20.6. The summed E-state index contributed by atoms with van der Waals surface area (Å²) >= 11 is 0. The number of halogens is 3. The Morgan fingerprint density at radius 3 is 1.51 bits per heavy atom. The molecule has 2 fully saturated rings. The molecule has 3 aromatic rings. The van der Waals surface area contributed by atoms with Crippen LogP contribution in [0.4, 0.5) is 13.2 Å². The number of Topliss-reactive ketones (excluding diaryl/α,β-unsaturated/α-hetero) is 1. The summed E-state index contributed by atoms with van der Waals surface area (Å²) in [4.78, 5) is 134. The number of carbonyl (C=O) groups is 9. The lowest BCUT2D eigenvalue weighted by molar-refractivity contribution is -0.174. The first-order valence-electron chi connectivity index (χ1n) is 27.2. The minimum absolute atomic E-state index is 0.111. The van der Waals surface area contributed by atoms with Gasteiger partial charge < -0.3 is 80.6 Å². The number of hydrogen-bond acceptors (Lipinski definition) is 14. The number of nitrogens with zero attached hydrogens (tertiary/aromatic N) is 4. The van der Waals surface area contributed by atoms with E-state index in [1.807, 2.05) is 0 Å². The van der Waals surface area contributed by atoms with E-state index < -0.39 is 133 Å². The molecule has 5 rings (SSSR count). The van der Waals surface area contributed by atoms with E-state index in [1.165, 1.54) is 4.90 Å². The van der Waals surface area contributed by atoms with Crippen LogP contribution in [0.3, 0.4) is 0 Å². The third-order valence-corrected chi connectivity index (χ3v) is 13.8. The Balaban J connectivity index is 1.29. The Labute approximate surface area is 482 Å². The molecule has 8 amide bonds. The maximum Gasteiger partial charge on any atom is 0.452 e. The fourth-order valence-corrected chi connectivity index (χ4v) is 9.60. The molecular weight excluding hydrogens is 1100 g/mol. The van der Waals surface area contributed by atoms with Gasteiger partial charge in [0.25, 0.3) is 5.78 Å². The van der Waals surface area contributed by atoms with Crippen molar-refractivity contribution in [1.82, 2.24) is 41.7 Å². The van der Waals surface area contributed by atoms with E-state index in [9.17, 15) is 66.5 Å². The van der Waals surface area contributed by atoms with Crippen molar-refractivity contribution in [2.75, 3.05) is 39.3 Å². The van der Waals surface area contributed by atoms with Crippen molar-refractivity contribution < 1.29 is 66.5 Å². The first-order valence-corrected chi connectivity index (χ1v) is 27.2. The van der Waals surface area contributed by atoms with Crippen LogP contribution in [0, 0.1) is 0 Å². The number of hydrogen-bond donors (Lipinski definition) is 13. The molecule has 26 nitrogen and oxygen atoms in total. The summed E-state index contributed by atoms with van der Waals surface area (Å²) in [5.41, 5.74) is 29.0. The fraction of sp³-hybridized carbons (Fsp3) is 0.473. The Morgan fingerprint density at radius 2 is 1.05 bits per heavy atom. The van der Waals surface area contributed by atoms with Gasteiger partial charge in [-0.15, -0.1) is 0 Å². The molecule has 84 heavy (non-hydrogen) atoms.